The Bertz CT molecular complexity index is 867. The van der Waals surface area contributed by atoms with Crippen LogP contribution >= 0.6 is 23.4 Å². The van der Waals surface area contributed by atoms with Crippen LogP contribution in [-0.4, -0.2) is 14.8 Å². The van der Waals surface area contributed by atoms with Crippen molar-refractivity contribution in [3.8, 4) is 11.4 Å². The third-order valence-corrected chi connectivity index (χ3v) is 5.44. The van der Waals surface area contributed by atoms with Crippen LogP contribution in [-0.2, 0) is 12.3 Å². The van der Waals surface area contributed by atoms with Gasteiger partial charge in [0, 0.05) is 22.9 Å². The van der Waals surface area contributed by atoms with Crippen LogP contribution in [0.2, 0.25) is 5.02 Å². The molecular weight excluding hydrogens is 362 g/mol. The molecule has 0 aliphatic rings. The van der Waals surface area contributed by atoms with Crippen molar-refractivity contribution in [1.29, 1.82) is 0 Å². The average molecular weight is 384 g/mol. The first kappa shape index (κ1) is 18.7. The molecule has 0 fully saturated rings. The Morgan fingerprint density at radius 2 is 1.77 bits per heavy atom. The Balaban J connectivity index is 1.83. The predicted octanol–water partition coefficient (Wildman–Crippen LogP) is 6.20. The first-order chi connectivity index (χ1) is 12.6. The highest BCUT2D eigenvalue weighted by Gasteiger charge is 2.14. The Kier molecular flexibility index (Phi) is 6.17. The number of thioether (sulfide) groups is 1. The summed E-state index contributed by atoms with van der Waals surface area (Å²) in [4.78, 5) is 0. The molecule has 26 heavy (non-hydrogen) atoms. The molecule has 3 aromatic rings. The zero-order valence-electron chi connectivity index (χ0n) is 15.0. The Morgan fingerprint density at radius 3 is 2.38 bits per heavy atom. The molecule has 0 spiro atoms. The number of hydrogen-bond donors (Lipinski definition) is 0. The van der Waals surface area contributed by atoms with Crippen LogP contribution in [0.3, 0.4) is 0 Å². The molecular formula is C21H22ClN3S. The van der Waals surface area contributed by atoms with Crippen molar-refractivity contribution in [3.05, 3.63) is 77.3 Å². The van der Waals surface area contributed by atoms with E-state index in [-0.39, 0.29) is 0 Å². The standard InChI is InChI=1S/C21H22ClN3S/c1-4-13-25-20(18-9-7-17(8-10-18)15(2)3)23-24-21(25)26-14-16-5-11-19(22)12-6-16/h4-12,15H,1,13-14H2,2-3H3. The van der Waals surface area contributed by atoms with Crippen LogP contribution in [0.1, 0.15) is 30.9 Å². The minimum absolute atomic E-state index is 0.514. The van der Waals surface area contributed by atoms with Crippen LogP contribution < -0.4 is 0 Å². The fourth-order valence-corrected chi connectivity index (χ4v) is 3.68. The van der Waals surface area contributed by atoms with Crippen molar-refractivity contribution in [1.82, 2.24) is 14.8 Å². The monoisotopic (exact) mass is 383 g/mol. The molecule has 1 heterocycles. The van der Waals surface area contributed by atoms with Gasteiger partial charge >= 0.3 is 0 Å². The van der Waals surface area contributed by atoms with E-state index in [1.807, 2.05) is 30.3 Å². The molecule has 134 valence electrons. The van der Waals surface area contributed by atoms with Gasteiger partial charge in [-0.1, -0.05) is 79.7 Å². The highest BCUT2D eigenvalue weighted by Crippen LogP contribution is 2.28. The van der Waals surface area contributed by atoms with Crippen LogP contribution in [0.4, 0.5) is 0 Å². The van der Waals surface area contributed by atoms with Crippen molar-refractivity contribution < 1.29 is 0 Å². The molecule has 5 heteroatoms. The molecule has 1 aromatic heterocycles. The number of hydrogen-bond acceptors (Lipinski definition) is 3. The average Bonchev–Trinajstić information content (AvgIpc) is 3.04. The largest absolute Gasteiger partial charge is 0.298 e. The number of benzene rings is 2. The van der Waals surface area contributed by atoms with Gasteiger partial charge in [-0.15, -0.1) is 16.8 Å². The lowest BCUT2D eigenvalue weighted by Crippen LogP contribution is -2.01. The maximum atomic E-state index is 5.95. The van der Waals surface area contributed by atoms with Gasteiger partial charge in [0.1, 0.15) is 0 Å². The van der Waals surface area contributed by atoms with Gasteiger partial charge in [0.15, 0.2) is 11.0 Å². The van der Waals surface area contributed by atoms with Gasteiger partial charge in [0.25, 0.3) is 0 Å². The van der Waals surface area contributed by atoms with Gasteiger partial charge in [-0.3, -0.25) is 4.57 Å². The summed E-state index contributed by atoms with van der Waals surface area (Å²) in [6, 6.07) is 16.4. The van der Waals surface area contributed by atoms with E-state index in [0.29, 0.717) is 12.5 Å². The van der Waals surface area contributed by atoms with Crippen molar-refractivity contribution >= 4 is 23.4 Å². The second kappa shape index (κ2) is 8.56. The lowest BCUT2D eigenvalue weighted by molar-refractivity contribution is 0.731. The van der Waals surface area contributed by atoms with Crippen LogP contribution in [0.25, 0.3) is 11.4 Å². The Morgan fingerprint density at radius 1 is 1.08 bits per heavy atom. The van der Waals surface area contributed by atoms with E-state index in [1.54, 1.807) is 11.8 Å². The van der Waals surface area contributed by atoms with Crippen LogP contribution in [0.5, 0.6) is 0 Å². The van der Waals surface area contributed by atoms with E-state index in [1.165, 1.54) is 11.1 Å². The van der Waals surface area contributed by atoms with Gasteiger partial charge in [-0.05, 0) is 29.2 Å². The lowest BCUT2D eigenvalue weighted by atomic mass is 10.0. The summed E-state index contributed by atoms with van der Waals surface area (Å²) >= 11 is 7.62. The number of allylic oxidation sites excluding steroid dienone is 1. The van der Waals surface area contributed by atoms with E-state index in [0.717, 1.165) is 27.3 Å². The maximum absolute atomic E-state index is 5.95. The van der Waals surface area contributed by atoms with E-state index >= 15 is 0 Å². The Hall–Kier alpha value is -2.04. The molecule has 0 atom stereocenters. The molecule has 0 saturated heterocycles. The smallest absolute Gasteiger partial charge is 0.192 e. The molecule has 2 aromatic carbocycles. The third-order valence-electron chi connectivity index (χ3n) is 4.15. The molecule has 3 rings (SSSR count). The number of aromatic nitrogens is 3. The minimum Gasteiger partial charge on any atom is -0.298 e. The zero-order valence-corrected chi connectivity index (χ0v) is 16.6. The van der Waals surface area contributed by atoms with Gasteiger partial charge < -0.3 is 0 Å². The van der Waals surface area contributed by atoms with E-state index in [4.69, 9.17) is 11.6 Å². The predicted molar refractivity (Wildman–Crippen MR) is 111 cm³/mol. The lowest BCUT2D eigenvalue weighted by Gasteiger charge is -2.09. The minimum atomic E-state index is 0.514. The van der Waals surface area contributed by atoms with Gasteiger partial charge in [0.05, 0.1) is 0 Å². The highest BCUT2D eigenvalue weighted by molar-refractivity contribution is 7.98. The molecule has 0 N–H and O–H groups in total. The summed E-state index contributed by atoms with van der Waals surface area (Å²) in [7, 11) is 0. The van der Waals surface area contributed by atoms with Crippen molar-refractivity contribution in [2.24, 2.45) is 0 Å². The van der Waals surface area contributed by atoms with Gasteiger partial charge in [0.2, 0.25) is 0 Å². The van der Waals surface area contributed by atoms with E-state index < -0.39 is 0 Å². The fourth-order valence-electron chi connectivity index (χ4n) is 2.65. The second-order valence-electron chi connectivity index (χ2n) is 6.40. The fraction of sp³-hybridized carbons (Fsp3) is 0.238. The molecule has 0 unspecified atom stereocenters. The maximum Gasteiger partial charge on any atom is 0.192 e. The molecule has 3 nitrogen and oxygen atoms in total. The number of nitrogens with zero attached hydrogens (tertiary/aromatic N) is 3. The third kappa shape index (κ3) is 4.37. The zero-order chi connectivity index (χ0) is 18.5. The topological polar surface area (TPSA) is 30.7 Å². The molecule has 0 bridgehead atoms. The first-order valence-corrected chi connectivity index (χ1v) is 9.96. The quantitative estimate of drug-likeness (QED) is 0.359. The summed E-state index contributed by atoms with van der Waals surface area (Å²) in [5.74, 6) is 2.21. The Labute approximate surface area is 164 Å². The van der Waals surface area contributed by atoms with Crippen molar-refractivity contribution in [3.63, 3.8) is 0 Å². The number of rotatable bonds is 7. The number of halogens is 1. The molecule has 0 radical (unpaired) electrons. The molecule has 0 saturated carbocycles. The van der Waals surface area contributed by atoms with Crippen LogP contribution in [0.15, 0.2) is 66.3 Å². The molecule has 0 amide bonds. The van der Waals surface area contributed by atoms with E-state index in [2.05, 4.69) is 59.5 Å². The summed E-state index contributed by atoms with van der Waals surface area (Å²) in [6.45, 7) is 8.94. The molecule has 0 aliphatic heterocycles. The van der Waals surface area contributed by atoms with Gasteiger partial charge in [-0.2, -0.15) is 0 Å². The van der Waals surface area contributed by atoms with Crippen molar-refractivity contribution in [2.45, 2.75) is 37.2 Å². The van der Waals surface area contributed by atoms with E-state index in [9.17, 15) is 0 Å². The first-order valence-electron chi connectivity index (χ1n) is 8.60. The normalized spacial score (nSPS) is 11.1. The van der Waals surface area contributed by atoms with Crippen LogP contribution in [0, 0.1) is 0 Å². The summed E-state index contributed by atoms with van der Waals surface area (Å²) in [6.07, 6.45) is 1.88. The highest BCUT2D eigenvalue weighted by atomic mass is 35.5. The molecule has 0 aliphatic carbocycles. The summed E-state index contributed by atoms with van der Waals surface area (Å²) < 4.78 is 2.11. The summed E-state index contributed by atoms with van der Waals surface area (Å²) in [5, 5.41) is 10.5. The van der Waals surface area contributed by atoms with Crippen molar-refractivity contribution in [2.75, 3.05) is 0 Å². The second-order valence-corrected chi connectivity index (χ2v) is 7.78. The SMILES string of the molecule is C=CCn1c(SCc2ccc(Cl)cc2)nnc1-c1ccc(C(C)C)cc1. The van der Waals surface area contributed by atoms with Gasteiger partial charge in [-0.25, -0.2) is 0 Å². The summed E-state index contributed by atoms with van der Waals surface area (Å²) in [5.41, 5.74) is 3.60.